The molecule has 0 fully saturated rings. The number of carbonyl (C=O) groups is 1. The van der Waals surface area contributed by atoms with Crippen molar-refractivity contribution in [3.8, 4) is 16.9 Å². The van der Waals surface area contributed by atoms with Gasteiger partial charge in [0.1, 0.15) is 18.2 Å². The van der Waals surface area contributed by atoms with Crippen molar-refractivity contribution in [3.63, 3.8) is 0 Å². The van der Waals surface area contributed by atoms with Crippen LogP contribution in [0.15, 0.2) is 54.5 Å². The fraction of sp³-hybridized carbons (Fsp3) is 0.250. The number of aromatic nitrogens is 2. The summed E-state index contributed by atoms with van der Waals surface area (Å²) < 4.78 is 22.5. The quantitative estimate of drug-likeness (QED) is 0.486. The average molecular weight is 472 g/mol. The van der Waals surface area contributed by atoms with Gasteiger partial charge in [-0.15, -0.1) is 12.4 Å². The molecule has 9 heteroatoms. The third-order valence-corrected chi connectivity index (χ3v) is 5.30. The first-order valence-electron chi connectivity index (χ1n) is 10.5. The van der Waals surface area contributed by atoms with Gasteiger partial charge < -0.3 is 25.7 Å². The summed E-state index contributed by atoms with van der Waals surface area (Å²) in [6.07, 6.45) is 4.40. The number of para-hydroxylation sites is 1. The van der Waals surface area contributed by atoms with Crippen LogP contribution in [-0.2, 0) is 18.4 Å². The number of nitrogens with one attached hydrogen (secondary N) is 2. The molecule has 1 aliphatic rings. The predicted molar refractivity (Wildman–Crippen MR) is 130 cm³/mol. The average Bonchev–Trinajstić information content (AvgIpc) is 3.22. The van der Waals surface area contributed by atoms with E-state index in [1.807, 2.05) is 36.9 Å². The largest absolute Gasteiger partial charge is 0.487 e. The lowest BCUT2D eigenvalue weighted by atomic mass is 9.93. The second-order valence-corrected chi connectivity index (χ2v) is 7.69. The number of fused-ring (bicyclic) bond motifs is 1. The van der Waals surface area contributed by atoms with Gasteiger partial charge >= 0.3 is 0 Å². The van der Waals surface area contributed by atoms with E-state index in [2.05, 4.69) is 15.6 Å². The zero-order chi connectivity index (χ0) is 22.7. The highest BCUT2D eigenvalue weighted by Crippen LogP contribution is 2.39. The van der Waals surface area contributed by atoms with Gasteiger partial charge in [-0.05, 0) is 24.6 Å². The Bertz CT molecular complexity index is 1190. The summed E-state index contributed by atoms with van der Waals surface area (Å²) >= 11 is 0. The van der Waals surface area contributed by atoms with Crippen LogP contribution >= 0.6 is 12.4 Å². The van der Waals surface area contributed by atoms with Crippen LogP contribution in [0.25, 0.3) is 16.8 Å². The van der Waals surface area contributed by atoms with Crippen molar-refractivity contribution in [1.82, 2.24) is 14.9 Å². The van der Waals surface area contributed by atoms with Crippen LogP contribution in [-0.4, -0.2) is 28.5 Å². The van der Waals surface area contributed by atoms with Crippen LogP contribution in [0.3, 0.4) is 0 Å². The highest BCUT2D eigenvalue weighted by atomic mass is 35.5. The third-order valence-electron chi connectivity index (χ3n) is 5.30. The fourth-order valence-electron chi connectivity index (χ4n) is 3.67. The molecule has 4 rings (SSSR count). The molecule has 0 aliphatic carbocycles. The summed E-state index contributed by atoms with van der Waals surface area (Å²) in [6, 6.07) is 10.1. The van der Waals surface area contributed by atoms with Crippen molar-refractivity contribution >= 4 is 29.7 Å². The number of aryl methyl sites for hydroxylation is 1. The summed E-state index contributed by atoms with van der Waals surface area (Å²) in [7, 11) is 1.89. The molecular weight excluding hydrogens is 445 g/mol. The Labute approximate surface area is 198 Å². The monoisotopic (exact) mass is 471 g/mol. The SMILES string of the molecule is CCCNC(=O)C1=C(N)c2cccc(-c3cc(OCc4cn(C)cn4)ccc3F)c2NC1.Cl. The Balaban J connectivity index is 0.00000306. The minimum Gasteiger partial charge on any atom is -0.487 e. The van der Waals surface area contributed by atoms with E-state index in [9.17, 15) is 9.18 Å². The van der Waals surface area contributed by atoms with Crippen molar-refractivity contribution < 1.29 is 13.9 Å². The van der Waals surface area contributed by atoms with Gasteiger partial charge in [0.25, 0.3) is 5.91 Å². The molecule has 2 aromatic carbocycles. The predicted octanol–water partition coefficient (Wildman–Crippen LogP) is 3.85. The zero-order valence-corrected chi connectivity index (χ0v) is 19.3. The minimum atomic E-state index is -0.376. The molecule has 0 unspecified atom stereocenters. The summed E-state index contributed by atoms with van der Waals surface area (Å²) in [5.41, 5.74) is 10.4. The molecule has 0 saturated heterocycles. The topological polar surface area (TPSA) is 94.2 Å². The smallest absolute Gasteiger partial charge is 0.251 e. The van der Waals surface area contributed by atoms with E-state index >= 15 is 0 Å². The highest BCUT2D eigenvalue weighted by Gasteiger charge is 2.24. The molecular formula is C24H27ClFN5O2. The van der Waals surface area contributed by atoms with Crippen LogP contribution in [0.4, 0.5) is 10.1 Å². The van der Waals surface area contributed by atoms with E-state index in [1.165, 1.54) is 6.07 Å². The van der Waals surface area contributed by atoms with E-state index in [-0.39, 0.29) is 37.3 Å². The van der Waals surface area contributed by atoms with Gasteiger partial charge in [-0.2, -0.15) is 0 Å². The number of carbonyl (C=O) groups excluding carboxylic acids is 1. The second kappa shape index (κ2) is 10.4. The molecule has 1 aromatic heterocycles. The second-order valence-electron chi connectivity index (χ2n) is 7.69. The van der Waals surface area contributed by atoms with E-state index < -0.39 is 0 Å². The maximum absolute atomic E-state index is 14.8. The first-order chi connectivity index (χ1) is 15.5. The van der Waals surface area contributed by atoms with E-state index in [1.54, 1.807) is 24.5 Å². The van der Waals surface area contributed by atoms with Gasteiger partial charge in [0, 0.05) is 43.0 Å². The number of nitrogens with zero attached hydrogens (tertiary/aromatic N) is 2. The maximum Gasteiger partial charge on any atom is 0.251 e. The first kappa shape index (κ1) is 24.1. The lowest BCUT2D eigenvalue weighted by Crippen LogP contribution is -2.32. The Hall–Kier alpha value is -3.52. The molecule has 1 aliphatic heterocycles. The summed E-state index contributed by atoms with van der Waals surface area (Å²) in [5.74, 6) is -0.0352. The fourth-order valence-corrected chi connectivity index (χ4v) is 3.67. The highest BCUT2D eigenvalue weighted by molar-refractivity contribution is 6.05. The summed E-state index contributed by atoms with van der Waals surface area (Å²) in [6.45, 7) is 3.12. The van der Waals surface area contributed by atoms with Gasteiger partial charge in [0.2, 0.25) is 0 Å². The van der Waals surface area contributed by atoms with Gasteiger partial charge in [0.15, 0.2) is 0 Å². The minimum absolute atomic E-state index is 0. The molecule has 0 radical (unpaired) electrons. The molecule has 0 saturated carbocycles. The van der Waals surface area contributed by atoms with Crippen LogP contribution in [0.5, 0.6) is 5.75 Å². The normalized spacial score (nSPS) is 12.5. The van der Waals surface area contributed by atoms with Gasteiger partial charge in [-0.25, -0.2) is 9.37 Å². The molecule has 0 bridgehead atoms. The first-order valence-corrected chi connectivity index (χ1v) is 10.5. The van der Waals surface area contributed by atoms with E-state index in [0.717, 1.165) is 12.1 Å². The zero-order valence-electron chi connectivity index (χ0n) is 18.5. The van der Waals surface area contributed by atoms with Gasteiger partial charge in [-0.1, -0.05) is 25.1 Å². The lowest BCUT2D eigenvalue weighted by molar-refractivity contribution is -0.117. The Morgan fingerprint density at radius 2 is 2.06 bits per heavy atom. The number of hydrogen-bond acceptors (Lipinski definition) is 5. The van der Waals surface area contributed by atoms with Gasteiger partial charge in [-0.3, -0.25) is 4.79 Å². The van der Waals surface area contributed by atoms with Crippen molar-refractivity contribution in [3.05, 3.63) is 71.6 Å². The Morgan fingerprint density at radius 3 is 2.79 bits per heavy atom. The number of hydrogen-bond donors (Lipinski definition) is 3. The van der Waals surface area contributed by atoms with Gasteiger partial charge in [0.05, 0.1) is 29.0 Å². The Kier molecular flexibility index (Phi) is 7.60. The molecule has 2 heterocycles. The number of rotatable bonds is 7. The number of anilines is 1. The maximum atomic E-state index is 14.8. The molecule has 174 valence electrons. The molecule has 33 heavy (non-hydrogen) atoms. The number of benzene rings is 2. The van der Waals surface area contributed by atoms with Crippen LogP contribution in [0.1, 0.15) is 24.6 Å². The van der Waals surface area contributed by atoms with Crippen molar-refractivity contribution in [2.45, 2.75) is 20.0 Å². The molecule has 0 atom stereocenters. The third kappa shape index (κ3) is 5.12. The van der Waals surface area contributed by atoms with Crippen LogP contribution in [0, 0.1) is 5.82 Å². The number of ether oxygens (including phenoxy) is 1. The van der Waals surface area contributed by atoms with Crippen molar-refractivity contribution in [2.75, 3.05) is 18.4 Å². The number of amides is 1. The number of halogens is 2. The Morgan fingerprint density at radius 1 is 1.27 bits per heavy atom. The summed E-state index contributed by atoms with van der Waals surface area (Å²) in [4.78, 5) is 16.7. The van der Waals surface area contributed by atoms with Crippen molar-refractivity contribution in [1.29, 1.82) is 0 Å². The molecule has 1 amide bonds. The number of imidazole rings is 1. The molecule has 3 aromatic rings. The van der Waals surface area contributed by atoms with Crippen LogP contribution in [0.2, 0.25) is 0 Å². The van der Waals surface area contributed by atoms with Crippen LogP contribution < -0.4 is 21.1 Å². The van der Waals surface area contributed by atoms with E-state index in [4.69, 9.17) is 10.5 Å². The standard InChI is InChI=1S/C24H26FN5O2.ClH/c1-3-9-27-24(31)20-11-28-23-17(5-4-6-18(23)22(20)26)19-10-16(7-8-21(19)25)32-13-15-12-30(2)14-29-15;/h4-8,10,12,14,28H,3,9,11,13,26H2,1-2H3,(H,27,31);1H. The van der Waals surface area contributed by atoms with E-state index in [0.29, 0.717) is 45.9 Å². The number of nitrogens with two attached hydrogens (primary N) is 1. The molecule has 0 spiro atoms. The molecule has 7 nitrogen and oxygen atoms in total. The molecule has 4 N–H and O–H groups in total. The summed E-state index contributed by atoms with van der Waals surface area (Å²) in [5, 5.41) is 6.11. The van der Waals surface area contributed by atoms with Crippen molar-refractivity contribution in [2.24, 2.45) is 12.8 Å². The lowest BCUT2D eigenvalue weighted by Gasteiger charge is -2.25.